The van der Waals surface area contributed by atoms with Gasteiger partial charge in [-0.05, 0) is 0 Å². The van der Waals surface area contributed by atoms with Crippen molar-refractivity contribution in [1.29, 1.82) is 5.26 Å². The first kappa shape index (κ1) is 8.53. The Hall–Kier alpha value is -1.57. The normalized spacial score (nSPS) is 16.6. The van der Waals surface area contributed by atoms with E-state index in [1.807, 2.05) is 0 Å². The van der Waals surface area contributed by atoms with E-state index in [1.54, 1.807) is 6.07 Å². The third-order valence-corrected chi connectivity index (χ3v) is 1.62. The molecule has 1 fully saturated rings. The average Bonchev–Trinajstić information content (AvgIpc) is 2.05. The van der Waals surface area contributed by atoms with Crippen molar-refractivity contribution in [3.63, 3.8) is 0 Å². The van der Waals surface area contributed by atoms with Gasteiger partial charge in [0, 0.05) is 13.1 Å². The molecule has 2 amide bonds. The van der Waals surface area contributed by atoms with Crippen LogP contribution in [-0.4, -0.2) is 36.3 Å². The van der Waals surface area contributed by atoms with Gasteiger partial charge >= 0.3 is 0 Å². The van der Waals surface area contributed by atoms with Crippen LogP contribution in [-0.2, 0) is 9.59 Å². The minimum absolute atomic E-state index is 0.0838. The van der Waals surface area contributed by atoms with Crippen LogP contribution >= 0.6 is 0 Å². The smallest absolute Gasteiger partial charge is 0.239 e. The van der Waals surface area contributed by atoms with Crippen molar-refractivity contribution in [3.8, 4) is 6.07 Å². The van der Waals surface area contributed by atoms with Crippen LogP contribution in [0.3, 0.4) is 0 Å². The van der Waals surface area contributed by atoms with Crippen molar-refractivity contribution in [1.82, 2.24) is 10.2 Å². The molecule has 1 heterocycles. The number of carbonyl (C=O) groups excluding carboxylic acids is 2. The van der Waals surface area contributed by atoms with Crippen molar-refractivity contribution in [3.05, 3.63) is 0 Å². The summed E-state index contributed by atoms with van der Waals surface area (Å²) in [4.78, 5) is 23.3. The van der Waals surface area contributed by atoms with Crippen molar-refractivity contribution in [2.24, 2.45) is 0 Å². The van der Waals surface area contributed by atoms with Crippen molar-refractivity contribution >= 4 is 11.8 Å². The molecular formula is C7H9N3O2. The Balaban J connectivity index is 2.46. The fourth-order valence-corrected chi connectivity index (χ4v) is 1.03. The Labute approximate surface area is 69.9 Å². The molecule has 0 bridgehead atoms. The van der Waals surface area contributed by atoms with Crippen LogP contribution < -0.4 is 5.32 Å². The lowest BCUT2D eigenvalue weighted by Gasteiger charge is -2.25. The molecule has 12 heavy (non-hydrogen) atoms. The van der Waals surface area contributed by atoms with Gasteiger partial charge in [0.1, 0.15) is 6.42 Å². The number of hydrogen-bond acceptors (Lipinski definition) is 3. The predicted octanol–water partition coefficient (Wildman–Crippen LogP) is -1.14. The van der Waals surface area contributed by atoms with Gasteiger partial charge in [-0.15, -0.1) is 0 Å². The lowest BCUT2D eigenvalue weighted by molar-refractivity contribution is -0.137. The Morgan fingerprint density at radius 3 is 3.08 bits per heavy atom. The molecule has 1 aliphatic heterocycles. The number of carbonyl (C=O) groups is 2. The summed E-state index contributed by atoms with van der Waals surface area (Å²) in [7, 11) is 0. The van der Waals surface area contributed by atoms with Gasteiger partial charge < -0.3 is 10.2 Å². The maximum Gasteiger partial charge on any atom is 0.239 e. The van der Waals surface area contributed by atoms with Crippen LogP contribution in [0.4, 0.5) is 0 Å². The topological polar surface area (TPSA) is 73.2 Å². The van der Waals surface area contributed by atoms with E-state index in [9.17, 15) is 9.59 Å². The minimum Gasteiger partial charge on any atom is -0.353 e. The molecule has 1 rings (SSSR count). The molecule has 0 spiro atoms. The van der Waals surface area contributed by atoms with E-state index in [0.29, 0.717) is 13.1 Å². The average molecular weight is 167 g/mol. The Morgan fingerprint density at radius 2 is 2.50 bits per heavy atom. The number of rotatable bonds is 1. The first-order valence-corrected chi connectivity index (χ1v) is 3.65. The monoisotopic (exact) mass is 167 g/mol. The fraction of sp³-hybridized carbons (Fsp3) is 0.571. The molecule has 0 aromatic rings. The standard InChI is InChI=1S/C7H9N3O2/c8-2-1-7(12)10-4-3-9-6(11)5-10/h1,3-5H2,(H,9,11). The van der Waals surface area contributed by atoms with Crippen molar-refractivity contribution in [2.45, 2.75) is 6.42 Å². The lowest BCUT2D eigenvalue weighted by atomic mass is 10.3. The lowest BCUT2D eigenvalue weighted by Crippen LogP contribution is -2.49. The second-order valence-corrected chi connectivity index (χ2v) is 2.50. The van der Waals surface area contributed by atoms with Crippen LogP contribution in [0, 0.1) is 11.3 Å². The first-order valence-electron chi connectivity index (χ1n) is 3.65. The largest absolute Gasteiger partial charge is 0.353 e. The molecule has 0 unspecified atom stereocenters. The highest BCUT2D eigenvalue weighted by atomic mass is 16.2. The van der Waals surface area contributed by atoms with E-state index in [-0.39, 0.29) is 24.8 Å². The first-order chi connectivity index (χ1) is 5.74. The number of amides is 2. The van der Waals surface area contributed by atoms with Crippen LogP contribution in [0.5, 0.6) is 0 Å². The molecule has 64 valence electrons. The summed E-state index contributed by atoms with van der Waals surface area (Å²) in [5.41, 5.74) is 0. The third kappa shape index (κ3) is 1.95. The number of nitrogens with zero attached hydrogens (tertiary/aromatic N) is 2. The quantitative estimate of drug-likeness (QED) is 0.536. The van der Waals surface area contributed by atoms with Crippen LogP contribution in [0.25, 0.3) is 0 Å². The van der Waals surface area contributed by atoms with E-state index in [4.69, 9.17) is 5.26 Å². The van der Waals surface area contributed by atoms with Gasteiger partial charge in [-0.2, -0.15) is 5.26 Å². The summed E-state index contributed by atoms with van der Waals surface area (Å²) in [5.74, 6) is -0.431. The summed E-state index contributed by atoms with van der Waals surface area (Å²) < 4.78 is 0. The maximum atomic E-state index is 11.1. The van der Waals surface area contributed by atoms with Crippen molar-refractivity contribution in [2.75, 3.05) is 19.6 Å². The number of nitriles is 1. The zero-order chi connectivity index (χ0) is 8.97. The van der Waals surface area contributed by atoms with Gasteiger partial charge in [-0.1, -0.05) is 0 Å². The number of nitrogens with one attached hydrogen (secondary N) is 1. The zero-order valence-corrected chi connectivity index (χ0v) is 6.54. The molecule has 1 saturated heterocycles. The van der Waals surface area contributed by atoms with E-state index in [0.717, 1.165) is 0 Å². The SMILES string of the molecule is N#CCC(=O)N1CCNC(=O)C1. The second kappa shape index (κ2) is 3.72. The molecule has 5 heteroatoms. The zero-order valence-electron chi connectivity index (χ0n) is 6.54. The molecule has 0 aromatic carbocycles. The van der Waals surface area contributed by atoms with Gasteiger partial charge in [0.2, 0.25) is 11.8 Å². The molecular weight excluding hydrogens is 158 g/mol. The molecule has 0 saturated carbocycles. The van der Waals surface area contributed by atoms with Crippen molar-refractivity contribution < 1.29 is 9.59 Å². The highest BCUT2D eigenvalue weighted by molar-refractivity contribution is 5.86. The molecule has 0 atom stereocenters. The Morgan fingerprint density at radius 1 is 1.75 bits per heavy atom. The van der Waals surface area contributed by atoms with E-state index in [1.165, 1.54) is 4.90 Å². The summed E-state index contributed by atoms with van der Waals surface area (Å²) in [6.07, 6.45) is -0.146. The molecule has 1 aliphatic rings. The summed E-state index contributed by atoms with van der Waals surface area (Å²) in [6.45, 7) is 1.07. The highest BCUT2D eigenvalue weighted by Crippen LogP contribution is 1.96. The maximum absolute atomic E-state index is 11.1. The van der Waals surface area contributed by atoms with Gasteiger partial charge in [0.05, 0.1) is 12.6 Å². The fourth-order valence-electron chi connectivity index (χ4n) is 1.03. The third-order valence-electron chi connectivity index (χ3n) is 1.62. The predicted molar refractivity (Wildman–Crippen MR) is 39.8 cm³/mol. The molecule has 0 aliphatic carbocycles. The molecule has 0 radical (unpaired) electrons. The van der Waals surface area contributed by atoms with E-state index in [2.05, 4.69) is 5.32 Å². The summed E-state index contributed by atoms with van der Waals surface area (Å²) in [6, 6.07) is 1.76. The molecule has 5 nitrogen and oxygen atoms in total. The number of piperazine rings is 1. The van der Waals surface area contributed by atoms with E-state index < -0.39 is 0 Å². The van der Waals surface area contributed by atoms with Gasteiger partial charge in [0.15, 0.2) is 0 Å². The second-order valence-electron chi connectivity index (χ2n) is 2.50. The van der Waals surface area contributed by atoms with Crippen LogP contribution in [0.15, 0.2) is 0 Å². The van der Waals surface area contributed by atoms with Crippen LogP contribution in [0.2, 0.25) is 0 Å². The number of hydrogen-bond donors (Lipinski definition) is 1. The van der Waals surface area contributed by atoms with Crippen LogP contribution in [0.1, 0.15) is 6.42 Å². The Kier molecular flexibility index (Phi) is 2.64. The highest BCUT2D eigenvalue weighted by Gasteiger charge is 2.20. The Bertz CT molecular complexity index is 244. The molecule has 1 N–H and O–H groups in total. The molecule has 0 aromatic heterocycles. The van der Waals surface area contributed by atoms with Gasteiger partial charge in [0.25, 0.3) is 0 Å². The van der Waals surface area contributed by atoms with Gasteiger partial charge in [-0.3, -0.25) is 9.59 Å². The summed E-state index contributed by atoms with van der Waals surface area (Å²) >= 11 is 0. The summed E-state index contributed by atoms with van der Waals surface area (Å²) in [5, 5.41) is 10.8. The minimum atomic E-state index is -0.271. The van der Waals surface area contributed by atoms with E-state index >= 15 is 0 Å². The van der Waals surface area contributed by atoms with Gasteiger partial charge in [-0.25, -0.2) is 0 Å².